The van der Waals surface area contributed by atoms with Crippen LogP contribution in [0.2, 0.25) is 0 Å². The van der Waals surface area contributed by atoms with E-state index in [1.54, 1.807) is 18.0 Å². The largest absolute Gasteiger partial charge is 0.350 e. The summed E-state index contributed by atoms with van der Waals surface area (Å²) >= 11 is 1.57. The Hall–Kier alpha value is -1.98. The highest BCUT2D eigenvalue weighted by atomic mass is 32.2. The Morgan fingerprint density at radius 2 is 2.45 bits per heavy atom. The van der Waals surface area contributed by atoms with Crippen LogP contribution in [0.4, 0.5) is 0 Å². The molecule has 1 aliphatic rings. The third kappa shape index (κ3) is 2.82. The van der Waals surface area contributed by atoms with E-state index < -0.39 is 0 Å². The predicted molar refractivity (Wildman–Crippen MR) is 78.3 cm³/mol. The second-order valence-corrected chi connectivity index (χ2v) is 5.65. The number of nitrogens with zero attached hydrogens (tertiary/aromatic N) is 6. The topological polar surface area (TPSA) is 115 Å². The number of aromatic nitrogens is 6. The molecule has 0 bridgehead atoms. The monoisotopic (exact) mass is 323 g/mol. The summed E-state index contributed by atoms with van der Waals surface area (Å²) in [6.45, 7) is 0.944. The Kier molecular flexibility index (Phi) is 4.36. The highest BCUT2D eigenvalue weighted by Crippen LogP contribution is 2.18. The predicted octanol–water partition coefficient (Wildman–Crippen LogP) is -1.33. The molecular formula is C11H17N9OS. The summed E-state index contributed by atoms with van der Waals surface area (Å²) in [6.07, 6.45) is 4.92. The van der Waals surface area contributed by atoms with E-state index >= 15 is 0 Å². The van der Waals surface area contributed by atoms with Crippen molar-refractivity contribution in [1.82, 2.24) is 45.9 Å². The first-order valence-electron chi connectivity index (χ1n) is 6.74. The normalized spacial score (nSPS) is 21.2. The Balaban J connectivity index is 1.63. The number of hydrogen-bond acceptors (Lipinski definition) is 8. The van der Waals surface area contributed by atoms with Crippen LogP contribution in [0.5, 0.6) is 0 Å². The van der Waals surface area contributed by atoms with Crippen LogP contribution < -0.4 is 16.2 Å². The van der Waals surface area contributed by atoms with Crippen LogP contribution in [-0.2, 0) is 18.4 Å². The van der Waals surface area contributed by atoms with Crippen molar-refractivity contribution < 1.29 is 4.79 Å². The van der Waals surface area contributed by atoms with Crippen LogP contribution in [0.15, 0.2) is 17.7 Å². The van der Waals surface area contributed by atoms with Gasteiger partial charge in [-0.25, -0.2) is 15.1 Å². The summed E-state index contributed by atoms with van der Waals surface area (Å²) in [5.74, 6) is -0.360. The van der Waals surface area contributed by atoms with Gasteiger partial charge >= 0.3 is 0 Å². The summed E-state index contributed by atoms with van der Waals surface area (Å²) < 4.78 is 3.50. The maximum atomic E-state index is 12.4. The van der Waals surface area contributed by atoms with Gasteiger partial charge < -0.3 is 9.88 Å². The molecule has 0 aromatic carbocycles. The summed E-state index contributed by atoms with van der Waals surface area (Å²) in [4.78, 5) is 16.7. The third-order valence-corrected chi connectivity index (χ3v) is 4.35. The van der Waals surface area contributed by atoms with E-state index in [1.165, 1.54) is 11.0 Å². The fourth-order valence-electron chi connectivity index (χ4n) is 2.36. The number of rotatable bonds is 5. The standard InChI is InChI=1S/C11H17N9OS/c1-19-7(4-13-11(19)22-2)3-12-10(21)8-5-14-16-9(8)20-6-15-17-18-20/h4,6,8-9,14,16H,3,5H2,1-2H3,(H,12,21). The summed E-state index contributed by atoms with van der Waals surface area (Å²) in [7, 11) is 1.93. The first kappa shape index (κ1) is 14.9. The molecule has 3 N–H and O–H groups in total. The maximum Gasteiger partial charge on any atom is 0.228 e. The molecule has 3 heterocycles. The second-order valence-electron chi connectivity index (χ2n) is 4.88. The van der Waals surface area contributed by atoms with Crippen molar-refractivity contribution in [2.24, 2.45) is 13.0 Å². The van der Waals surface area contributed by atoms with E-state index in [2.05, 4.69) is 36.7 Å². The van der Waals surface area contributed by atoms with E-state index in [4.69, 9.17) is 0 Å². The smallest absolute Gasteiger partial charge is 0.228 e. The first-order chi connectivity index (χ1) is 10.7. The SMILES string of the molecule is CSc1ncc(CNC(=O)C2CNNC2n2cnnn2)n1C. The molecule has 2 atom stereocenters. The molecule has 10 nitrogen and oxygen atoms in total. The highest BCUT2D eigenvalue weighted by Gasteiger charge is 2.34. The Labute approximate surface area is 131 Å². The van der Waals surface area contributed by atoms with Crippen LogP contribution in [0.25, 0.3) is 0 Å². The molecule has 11 heteroatoms. The van der Waals surface area contributed by atoms with E-state index in [0.29, 0.717) is 13.1 Å². The van der Waals surface area contributed by atoms with Crippen molar-refractivity contribution in [3.63, 3.8) is 0 Å². The molecule has 118 valence electrons. The lowest BCUT2D eigenvalue weighted by Crippen LogP contribution is -2.37. The fraction of sp³-hybridized carbons (Fsp3) is 0.545. The molecule has 1 aliphatic heterocycles. The average Bonchev–Trinajstić information content (AvgIpc) is 3.25. The minimum atomic E-state index is -0.303. The minimum absolute atomic E-state index is 0.0649. The number of carbonyl (C=O) groups excluding carboxylic acids is 1. The molecular weight excluding hydrogens is 306 g/mol. The van der Waals surface area contributed by atoms with Crippen LogP contribution in [0.3, 0.4) is 0 Å². The van der Waals surface area contributed by atoms with Gasteiger partial charge in [0.1, 0.15) is 12.5 Å². The molecule has 1 fully saturated rings. The van der Waals surface area contributed by atoms with Crippen LogP contribution in [0.1, 0.15) is 11.9 Å². The lowest BCUT2D eigenvalue weighted by atomic mass is 10.1. The number of imidazole rings is 1. The van der Waals surface area contributed by atoms with Gasteiger partial charge in [0.25, 0.3) is 0 Å². The van der Waals surface area contributed by atoms with Crippen LogP contribution >= 0.6 is 11.8 Å². The van der Waals surface area contributed by atoms with E-state index in [1.807, 2.05) is 17.9 Å². The number of carbonyl (C=O) groups is 1. The number of thioether (sulfide) groups is 1. The van der Waals surface area contributed by atoms with Gasteiger partial charge in [-0.3, -0.25) is 10.2 Å². The van der Waals surface area contributed by atoms with Crippen molar-refractivity contribution in [2.75, 3.05) is 12.8 Å². The number of hydrazine groups is 1. The van der Waals surface area contributed by atoms with Gasteiger partial charge in [-0.1, -0.05) is 11.8 Å². The van der Waals surface area contributed by atoms with Gasteiger partial charge in [0, 0.05) is 13.6 Å². The lowest BCUT2D eigenvalue weighted by molar-refractivity contribution is -0.125. The fourth-order valence-corrected chi connectivity index (χ4v) is 2.91. The molecule has 2 aromatic heterocycles. The first-order valence-corrected chi connectivity index (χ1v) is 7.96. The number of tetrazole rings is 1. The molecule has 22 heavy (non-hydrogen) atoms. The van der Waals surface area contributed by atoms with Gasteiger partial charge in [0.15, 0.2) is 5.16 Å². The number of amides is 1. The number of nitrogens with one attached hydrogen (secondary N) is 3. The summed E-state index contributed by atoms with van der Waals surface area (Å²) in [5.41, 5.74) is 6.92. The highest BCUT2D eigenvalue weighted by molar-refractivity contribution is 7.98. The number of hydrogen-bond donors (Lipinski definition) is 3. The van der Waals surface area contributed by atoms with Gasteiger partial charge in [-0.15, -0.1) is 5.10 Å². The molecule has 2 unspecified atom stereocenters. The van der Waals surface area contributed by atoms with Crippen LogP contribution in [-0.4, -0.2) is 48.5 Å². The molecule has 2 aromatic rings. The molecule has 0 aliphatic carbocycles. The molecule has 0 saturated carbocycles. The Morgan fingerprint density at radius 3 is 3.14 bits per heavy atom. The molecule has 1 saturated heterocycles. The molecule has 0 spiro atoms. The zero-order valence-electron chi connectivity index (χ0n) is 12.2. The van der Waals surface area contributed by atoms with E-state index in [-0.39, 0.29) is 18.0 Å². The Bertz CT molecular complexity index is 640. The minimum Gasteiger partial charge on any atom is -0.350 e. The second kappa shape index (κ2) is 6.42. The van der Waals surface area contributed by atoms with Crippen molar-refractivity contribution in [2.45, 2.75) is 17.9 Å². The quantitative estimate of drug-likeness (QED) is 0.580. The zero-order valence-corrected chi connectivity index (χ0v) is 13.0. The van der Waals surface area contributed by atoms with Gasteiger partial charge in [-0.05, 0) is 16.7 Å². The van der Waals surface area contributed by atoms with Crippen molar-refractivity contribution in [1.29, 1.82) is 0 Å². The summed E-state index contributed by atoms with van der Waals surface area (Å²) in [6, 6.07) is 0. The Morgan fingerprint density at radius 1 is 1.59 bits per heavy atom. The summed E-state index contributed by atoms with van der Waals surface area (Å²) in [5, 5.41) is 14.9. The zero-order chi connectivity index (χ0) is 15.5. The van der Waals surface area contributed by atoms with Crippen molar-refractivity contribution >= 4 is 17.7 Å². The van der Waals surface area contributed by atoms with Crippen molar-refractivity contribution in [3.8, 4) is 0 Å². The van der Waals surface area contributed by atoms with Gasteiger partial charge in [0.2, 0.25) is 5.91 Å². The molecule has 1 amide bonds. The van der Waals surface area contributed by atoms with Crippen LogP contribution in [0, 0.1) is 5.92 Å². The van der Waals surface area contributed by atoms with Gasteiger partial charge in [0.05, 0.1) is 24.4 Å². The maximum absolute atomic E-state index is 12.4. The molecule has 0 radical (unpaired) electrons. The third-order valence-electron chi connectivity index (χ3n) is 3.61. The average molecular weight is 323 g/mol. The van der Waals surface area contributed by atoms with Crippen molar-refractivity contribution in [3.05, 3.63) is 18.2 Å². The van der Waals surface area contributed by atoms with E-state index in [9.17, 15) is 4.79 Å². The lowest BCUT2D eigenvalue weighted by Gasteiger charge is -2.17. The van der Waals surface area contributed by atoms with Gasteiger partial charge in [-0.2, -0.15) is 0 Å². The molecule has 3 rings (SSSR count). The van der Waals surface area contributed by atoms with E-state index in [0.717, 1.165) is 10.9 Å².